The molecule has 1 saturated heterocycles. The number of nitrogens with zero attached hydrogens (tertiary/aromatic N) is 2. The van der Waals surface area contributed by atoms with Crippen LogP contribution in [0.1, 0.15) is 13.8 Å². The van der Waals surface area contributed by atoms with Crippen LogP contribution in [0.25, 0.3) is 0 Å². The lowest BCUT2D eigenvalue weighted by Crippen LogP contribution is -2.59. The Morgan fingerprint density at radius 3 is 2.07 bits per heavy atom. The minimum Gasteiger partial charge on any atom is -0.313 e. The largest absolute Gasteiger partial charge is 0.313 e. The molecule has 0 aromatic rings. The van der Waals surface area contributed by atoms with Gasteiger partial charge < -0.3 is 5.32 Å². The second-order valence-corrected chi connectivity index (χ2v) is 5.99. The van der Waals surface area contributed by atoms with E-state index >= 15 is 0 Å². The summed E-state index contributed by atoms with van der Waals surface area (Å²) in [7, 11) is -0.0194. The Kier molecular flexibility index (Phi) is 3.52. The van der Waals surface area contributed by atoms with Gasteiger partial charge in [-0.1, -0.05) is 0 Å². The van der Waals surface area contributed by atoms with Crippen molar-refractivity contribution in [3.05, 3.63) is 0 Å². The van der Waals surface area contributed by atoms with E-state index in [4.69, 9.17) is 0 Å². The van der Waals surface area contributed by atoms with E-state index in [1.165, 1.54) is 8.61 Å². The molecule has 6 heteroatoms. The van der Waals surface area contributed by atoms with Crippen molar-refractivity contribution in [1.29, 1.82) is 0 Å². The molecule has 1 heterocycles. The third-order valence-corrected chi connectivity index (χ3v) is 4.90. The summed E-state index contributed by atoms with van der Waals surface area (Å²) in [6.07, 6.45) is 0. The summed E-state index contributed by atoms with van der Waals surface area (Å²) in [5.41, 5.74) is 0. The van der Waals surface area contributed by atoms with Gasteiger partial charge in [-0.15, -0.1) is 0 Å². The third kappa shape index (κ3) is 2.08. The molecule has 0 radical (unpaired) electrons. The predicted octanol–water partition coefficient (Wildman–Crippen LogP) is -0.525. The van der Waals surface area contributed by atoms with E-state index in [2.05, 4.69) is 5.32 Å². The van der Waals surface area contributed by atoms with Crippen LogP contribution in [0, 0.1) is 0 Å². The second-order valence-electron chi connectivity index (χ2n) is 3.95. The molecule has 1 N–H and O–H groups in total. The first-order chi connectivity index (χ1) is 6.37. The maximum Gasteiger partial charge on any atom is 0.282 e. The molecule has 1 aliphatic heterocycles. The number of hydrogen-bond donors (Lipinski definition) is 1. The topological polar surface area (TPSA) is 52.7 Å². The summed E-state index contributed by atoms with van der Waals surface area (Å²) in [4.78, 5) is 0. The van der Waals surface area contributed by atoms with Crippen LogP contribution in [-0.4, -0.2) is 56.3 Å². The van der Waals surface area contributed by atoms with Gasteiger partial charge in [0.05, 0.1) is 6.04 Å². The first kappa shape index (κ1) is 11.9. The Balaban J connectivity index is 2.72. The van der Waals surface area contributed by atoms with Crippen LogP contribution in [0.2, 0.25) is 0 Å². The molecule has 0 aromatic heterocycles. The molecule has 1 aliphatic rings. The van der Waals surface area contributed by atoms with Gasteiger partial charge in [0.15, 0.2) is 0 Å². The Hall–Kier alpha value is -0.170. The van der Waals surface area contributed by atoms with Crippen LogP contribution in [0.15, 0.2) is 0 Å². The zero-order chi connectivity index (χ0) is 10.9. The summed E-state index contributed by atoms with van der Waals surface area (Å²) in [6, 6.07) is 0.108. The molecule has 0 spiro atoms. The SMILES string of the molecule is CC(C)N(C)S(=O)(=O)N(C)C1CNC1. The average molecular weight is 221 g/mol. The highest BCUT2D eigenvalue weighted by atomic mass is 32.2. The van der Waals surface area contributed by atoms with Crippen molar-refractivity contribution in [2.45, 2.75) is 25.9 Å². The van der Waals surface area contributed by atoms with Crippen LogP contribution in [0.3, 0.4) is 0 Å². The van der Waals surface area contributed by atoms with Gasteiger partial charge in [0.1, 0.15) is 0 Å². The van der Waals surface area contributed by atoms with Crippen molar-refractivity contribution in [2.24, 2.45) is 0 Å². The molecule has 0 atom stereocenters. The highest BCUT2D eigenvalue weighted by Gasteiger charge is 2.33. The monoisotopic (exact) mass is 221 g/mol. The van der Waals surface area contributed by atoms with Crippen molar-refractivity contribution < 1.29 is 8.42 Å². The fourth-order valence-electron chi connectivity index (χ4n) is 1.19. The van der Waals surface area contributed by atoms with Crippen molar-refractivity contribution in [1.82, 2.24) is 13.9 Å². The van der Waals surface area contributed by atoms with Gasteiger partial charge in [-0.25, -0.2) is 0 Å². The summed E-state index contributed by atoms with van der Waals surface area (Å²) in [6.45, 7) is 5.23. The van der Waals surface area contributed by atoms with Gasteiger partial charge in [-0.05, 0) is 13.8 Å². The molecule has 84 valence electrons. The molecule has 5 nitrogen and oxygen atoms in total. The van der Waals surface area contributed by atoms with Crippen LogP contribution in [0.5, 0.6) is 0 Å². The molecular weight excluding hydrogens is 202 g/mol. The molecule has 0 unspecified atom stereocenters. The molecule has 0 bridgehead atoms. The molecule has 0 aliphatic carbocycles. The van der Waals surface area contributed by atoms with Crippen molar-refractivity contribution in [2.75, 3.05) is 27.2 Å². The van der Waals surface area contributed by atoms with Crippen LogP contribution >= 0.6 is 0 Å². The Labute approximate surface area is 86.3 Å². The number of nitrogens with one attached hydrogen (secondary N) is 1. The zero-order valence-corrected chi connectivity index (χ0v) is 10.0. The molecule has 1 fully saturated rings. The molecule has 14 heavy (non-hydrogen) atoms. The Morgan fingerprint density at radius 2 is 1.79 bits per heavy atom. The van der Waals surface area contributed by atoms with Crippen LogP contribution in [-0.2, 0) is 10.2 Å². The van der Waals surface area contributed by atoms with Gasteiger partial charge in [0.25, 0.3) is 10.2 Å². The molecule has 1 rings (SSSR count). The summed E-state index contributed by atoms with van der Waals surface area (Å²) >= 11 is 0. The van der Waals surface area contributed by atoms with Crippen LogP contribution < -0.4 is 5.32 Å². The van der Waals surface area contributed by atoms with Crippen molar-refractivity contribution in [3.8, 4) is 0 Å². The predicted molar refractivity (Wildman–Crippen MR) is 56.2 cm³/mol. The molecule has 0 amide bonds. The van der Waals surface area contributed by atoms with Gasteiger partial charge in [0.2, 0.25) is 0 Å². The highest BCUT2D eigenvalue weighted by Crippen LogP contribution is 2.13. The minimum absolute atomic E-state index is 0.00418. The Morgan fingerprint density at radius 1 is 1.29 bits per heavy atom. The lowest BCUT2D eigenvalue weighted by atomic mass is 10.2. The standard InChI is InChI=1S/C8H19N3O2S/c1-7(2)10(3)14(12,13)11(4)8-5-9-6-8/h7-9H,5-6H2,1-4H3. The van der Waals surface area contributed by atoms with E-state index in [0.717, 1.165) is 13.1 Å². The fourth-order valence-corrected chi connectivity index (χ4v) is 2.65. The van der Waals surface area contributed by atoms with E-state index in [-0.39, 0.29) is 12.1 Å². The minimum atomic E-state index is -3.27. The smallest absolute Gasteiger partial charge is 0.282 e. The van der Waals surface area contributed by atoms with E-state index in [1.807, 2.05) is 13.8 Å². The summed E-state index contributed by atoms with van der Waals surface area (Å²) in [5, 5.41) is 3.06. The second kappa shape index (κ2) is 4.14. The average Bonchev–Trinajstić information content (AvgIpc) is 1.99. The molecule has 0 aromatic carbocycles. The van der Waals surface area contributed by atoms with Crippen LogP contribution in [0.4, 0.5) is 0 Å². The van der Waals surface area contributed by atoms with Crippen molar-refractivity contribution >= 4 is 10.2 Å². The van der Waals surface area contributed by atoms with Gasteiger partial charge in [-0.2, -0.15) is 17.0 Å². The van der Waals surface area contributed by atoms with E-state index < -0.39 is 10.2 Å². The lowest BCUT2D eigenvalue weighted by molar-refractivity contribution is 0.252. The maximum absolute atomic E-state index is 11.9. The van der Waals surface area contributed by atoms with Gasteiger partial charge in [-0.3, -0.25) is 0 Å². The van der Waals surface area contributed by atoms with E-state index in [9.17, 15) is 8.42 Å². The summed E-state index contributed by atoms with van der Waals surface area (Å²) in [5.74, 6) is 0. The van der Waals surface area contributed by atoms with E-state index in [0.29, 0.717) is 0 Å². The quantitative estimate of drug-likeness (QED) is 0.694. The number of hydrogen-bond acceptors (Lipinski definition) is 3. The third-order valence-electron chi connectivity index (χ3n) is 2.73. The number of rotatable bonds is 4. The first-order valence-electron chi connectivity index (χ1n) is 4.79. The first-order valence-corrected chi connectivity index (χ1v) is 6.18. The molecule has 0 saturated carbocycles. The highest BCUT2D eigenvalue weighted by molar-refractivity contribution is 7.86. The number of likely N-dealkylation sites (N-methyl/N-ethyl adjacent to an activating group) is 1. The zero-order valence-electron chi connectivity index (χ0n) is 9.19. The van der Waals surface area contributed by atoms with Crippen molar-refractivity contribution in [3.63, 3.8) is 0 Å². The van der Waals surface area contributed by atoms with E-state index in [1.54, 1.807) is 14.1 Å². The maximum atomic E-state index is 11.9. The lowest BCUT2D eigenvalue weighted by Gasteiger charge is -2.37. The fraction of sp³-hybridized carbons (Fsp3) is 1.00. The summed E-state index contributed by atoms with van der Waals surface area (Å²) < 4.78 is 26.7. The Bertz CT molecular complexity index is 285. The van der Waals surface area contributed by atoms with Gasteiger partial charge >= 0.3 is 0 Å². The van der Waals surface area contributed by atoms with Gasteiger partial charge in [0, 0.05) is 33.2 Å². The molecular formula is C8H19N3O2S. The normalized spacial score (nSPS) is 19.4.